The third-order valence-electron chi connectivity index (χ3n) is 2.24. The van der Waals surface area contributed by atoms with Crippen LogP contribution in [0.15, 0.2) is 0 Å². The van der Waals surface area contributed by atoms with Crippen LogP contribution in [-0.4, -0.2) is 42.8 Å². The maximum absolute atomic E-state index is 11.0. The van der Waals surface area contributed by atoms with Crippen molar-refractivity contribution in [3.8, 4) is 0 Å². The number of carbonyl (C=O) groups is 1. The van der Waals surface area contributed by atoms with Crippen LogP contribution in [-0.2, 0) is 4.74 Å². The minimum atomic E-state index is -0.329. The molecule has 0 fully saturated rings. The van der Waals surface area contributed by atoms with Crippen LogP contribution in [0.4, 0.5) is 4.79 Å². The highest BCUT2D eigenvalue weighted by atomic mass is 16.5. The molecule has 0 saturated carbocycles. The summed E-state index contributed by atoms with van der Waals surface area (Å²) in [6.07, 6.45) is -0.329. The topological polar surface area (TPSA) is 41.6 Å². The van der Waals surface area contributed by atoms with E-state index in [2.05, 4.69) is 37.9 Å². The molecular formula is C11H24N2O2. The molecule has 90 valence electrons. The van der Waals surface area contributed by atoms with Gasteiger partial charge in [-0.15, -0.1) is 0 Å². The third-order valence-corrected chi connectivity index (χ3v) is 2.24. The largest absolute Gasteiger partial charge is 0.450 e. The number of nitrogens with zero attached hydrogens (tertiary/aromatic N) is 1. The molecule has 0 spiro atoms. The van der Waals surface area contributed by atoms with Gasteiger partial charge in [-0.2, -0.15) is 0 Å². The van der Waals surface area contributed by atoms with Crippen molar-refractivity contribution in [2.75, 3.05) is 19.7 Å². The van der Waals surface area contributed by atoms with Crippen LogP contribution >= 0.6 is 0 Å². The molecule has 0 atom stereocenters. The van der Waals surface area contributed by atoms with Gasteiger partial charge in [0.2, 0.25) is 0 Å². The number of rotatable bonds is 6. The molecule has 0 aromatic heterocycles. The lowest BCUT2D eigenvalue weighted by molar-refractivity contribution is 0.143. The molecule has 0 unspecified atom stereocenters. The quantitative estimate of drug-likeness (QED) is 0.736. The fourth-order valence-electron chi connectivity index (χ4n) is 1.58. The number of alkyl carbamates (subject to hydrolysis) is 1. The summed E-state index contributed by atoms with van der Waals surface area (Å²) >= 11 is 0. The minimum absolute atomic E-state index is 0.329. The molecule has 0 aromatic carbocycles. The van der Waals surface area contributed by atoms with E-state index in [1.807, 2.05) is 0 Å². The normalized spacial score (nSPS) is 11.2. The van der Waals surface area contributed by atoms with E-state index in [0.717, 1.165) is 6.54 Å². The second-order valence-corrected chi connectivity index (χ2v) is 4.07. The Hall–Kier alpha value is -0.770. The molecular weight excluding hydrogens is 192 g/mol. The maximum atomic E-state index is 11.0. The van der Waals surface area contributed by atoms with Gasteiger partial charge < -0.3 is 10.1 Å². The van der Waals surface area contributed by atoms with Gasteiger partial charge in [0.25, 0.3) is 0 Å². The highest BCUT2D eigenvalue weighted by Gasteiger charge is 2.12. The first-order valence-corrected chi connectivity index (χ1v) is 5.65. The molecule has 4 heteroatoms. The minimum Gasteiger partial charge on any atom is -0.450 e. The lowest BCUT2D eigenvalue weighted by Crippen LogP contribution is -2.42. The summed E-state index contributed by atoms with van der Waals surface area (Å²) < 4.78 is 4.78. The van der Waals surface area contributed by atoms with Gasteiger partial charge in [-0.1, -0.05) is 0 Å². The first kappa shape index (κ1) is 14.2. The Morgan fingerprint density at radius 3 is 2.20 bits per heavy atom. The standard InChI is InChI=1S/C11H24N2O2/c1-6-15-11(14)12-7-8-13(9(2)3)10(4)5/h9-10H,6-8H2,1-5H3,(H,12,14). The predicted molar refractivity (Wildman–Crippen MR) is 62.0 cm³/mol. The highest BCUT2D eigenvalue weighted by Crippen LogP contribution is 2.03. The van der Waals surface area contributed by atoms with Crippen LogP contribution < -0.4 is 5.32 Å². The van der Waals surface area contributed by atoms with E-state index >= 15 is 0 Å². The van der Waals surface area contributed by atoms with Crippen molar-refractivity contribution in [3.63, 3.8) is 0 Å². The Bertz CT molecular complexity index is 173. The molecule has 0 rings (SSSR count). The van der Waals surface area contributed by atoms with E-state index in [1.54, 1.807) is 6.92 Å². The van der Waals surface area contributed by atoms with Crippen molar-refractivity contribution in [3.05, 3.63) is 0 Å². The fourth-order valence-corrected chi connectivity index (χ4v) is 1.58. The Morgan fingerprint density at radius 2 is 1.80 bits per heavy atom. The summed E-state index contributed by atoms with van der Waals surface area (Å²) in [6, 6.07) is 0.989. The van der Waals surface area contributed by atoms with Gasteiger partial charge in [-0.25, -0.2) is 4.79 Å². The number of hydrogen-bond donors (Lipinski definition) is 1. The van der Waals surface area contributed by atoms with Gasteiger partial charge in [-0.05, 0) is 34.6 Å². The zero-order chi connectivity index (χ0) is 11.8. The van der Waals surface area contributed by atoms with Crippen molar-refractivity contribution < 1.29 is 9.53 Å². The van der Waals surface area contributed by atoms with Crippen LogP contribution in [0.25, 0.3) is 0 Å². The van der Waals surface area contributed by atoms with Crippen molar-refractivity contribution in [1.29, 1.82) is 0 Å². The number of nitrogens with one attached hydrogen (secondary N) is 1. The summed E-state index contributed by atoms with van der Waals surface area (Å²) in [5.41, 5.74) is 0. The number of ether oxygens (including phenoxy) is 1. The molecule has 0 aliphatic rings. The van der Waals surface area contributed by atoms with Crippen molar-refractivity contribution >= 4 is 6.09 Å². The first-order chi connectivity index (χ1) is 6.99. The van der Waals surface area contributed by atoms with Crippen molar-refractivity contribution in [1.82, 2.24) is 10.2 Å². The van der Waals surface area contributed by atoms with Gasteiger partial charge in [0, 0.05) is 25.2 Å². The molecule has 1 amide bonds. The predicted octanol–water partition coefficient (Wildman–Crippen LogP) is 1.85. The lowest BCUT2D eigenvalue weighted by atomic mass is 10.2. The monoisotopic (exact) mass is 216 g/mol. The zero-order valence-electron chi connectivity index (χ0n) is 10.5. The van der Waals surface area contributed by atoms with Gasteiger partial charge >= 0.3 is 6.09 Å². The van der Waals surface area contributed by atoms with E-state index < -0.39 is 0 Å². The zero-order valence-corrected chi connectivity index (χ0v) is 10.5. The molecule has 0 saturated heterocycles. The van der Waals surface area contributed by atoms with E-state index in [4.69, 9.17) is 4.74 Å². The first-order valence-electron chi connectivity index (χ1n) is 5.65. The van der Waals surface area contributed by atoms with Crippen LogP contribution in [0.2, 0.25) is 0 Å². The average Bonchev–Trinajstić information content (AvgIpc) is 2.11. The Balaban J connectivity index is 3.76. The SMILES string of the molecule is CCOC(=O)NCCN(C(C)C)C(C)C. The van der Waals surface area contributed by atoms with E-state index in [0.29, 0.717) is 25.2 Å². The van der Waals surface area contributed by atoms with Crippen LogP contribution in [0, 0.1) is 0 Å². The smallest absolute Gasteiger partial charge is 0.407 e. The van der Waals surface area contributed by atoms with E-state index in [-0.39, 0.29) is 6.09 Å². The molecule has 0 heterocycles. The van der Waals surface area contributed by atoms with Gasteiger partial charge in [-0.3, -0.25) is 4.90 Å². The fraction of sp³-hybridized carbons (Fsp3) is 0.909. The second kappa shape index (κ2) is 7.51. The summed E-state index contributed by atoms with van der Waals surface area (Å²) in [5.74, 6) is 0. The molecule has 15 heavy (non-hydrogen) atoms. The van der Waals surface area contributed by atoms with Crippen LogP contribution in [0.5, 0.6) is 0 Å². The summed E-state index contributed by atoms with van der Waals surface area (Å²) in [4.78, 5) is 13.3. The highest BCUT2D eigenvalue weighted by molar-refractivity contribution is 5.66. The lowest BCUT2D eigenvalue weighted by Gasteiger charge is -2.30. The van der Waals surface area contributed by atoms with Crippen molar-refractivity contribution in [2.24, 2.45) is 0 Å². The van der Waals surface area contributed by atoms with E-state index in [1.165, 1.54) is 0 Å². The molecule has 1 N–H and O–H groups in total. The van der Waals surface area contributed by atoms with Gasteiger partial charge in [0.15, 0.2) is 0 Å². The van der Waals surface area contributed by atoms with Gasteiger partial charge in [0.05, 0.1) is 6.61 Å². The Morgan fingerprint density at radius 1 is 1.27 bits per heavy atom. The second-order valence-electron chi connectivity index (χ2n) is 4.07. The molecule has 0 aromatic rings. The van der Waals surface area contributed by atoms with Gasteiger partial charge in [0.1, 0.15) is 0 Å². The van der Waals surface area contributed by atoms with E-state index in [9.17, 15) is 4.79 Å². The number of amides is 1. The Labute approximate surface area is 93.0 Å². The number of hydrogen-bond acceptors (Lipinski definition) is 3. The average molecular weight is 216 g/mol. The summed E-state index contributed by atoms with van der Waals surface area (Å²) in [6.45, 7) is 12.3. The summed E-state index contributed by atoms with van der Waals surface area (Å²) in [5, 5.41) is 2.72. The number of carbonyl (C=O) groups excluding carboxylic acids is 1. The summed E-state index contributed by atoms with van der Waals surface area (Å²) in [7, 11) is 0. The van der Waals surface area contributed by atoms with Crippen molar-refractivity contribution in [2.45, 2.75) is 46.7 Å². The Kier molecular flexibility index (Phi) is 7.13. The van der Waals surface area contributed by atoms with Crippen LogP contribution in [0.1, 0.15) is 34.6 Å². The third kappa shape index (κ3) is 6.33. The molecule has 0 aliphatic heterocycles. The molecule has 0 aliphatic carbocycles. The molecule has 0 bridgehead atoms. The molecule has 0 radical (unpaired) electrons. The molecule has 4 nitrogen and oxygen atoms in total. The van der Waals surface area contributed by atoms with Crippen LogP contribution in [0.3, 0.4) is 0 Å². The maximum Gasteiger partial charge on any atom is 0.407 e.